The van der Waals surface area contributed by atoms with Crippen LogP contribution in [0.1, 0.15) is 62.8 Å². The standard InChI is InChI=1S/C24H34S2/c1-6-8-21-17-23(14-9-19(21)2)26-16-7-15-25-18-20-10-12-22(13-11-20)24(3,4)5/h9-14,17H,6-8,15-16,18H2,1-5H3. The van der Waals surface area contributed by atoms with Gasteiger partial charge in [0.05, 0.1) is 0 Å². The van der Waals surface area contributed by atoms with Gasteiger partial charge in [0, 0.05) is 10.6 Å². The lowest BCUT2D eigenvalue weighted by atomic mass is 9.87. The van der Waals surface area contributed by atoms with Gasteiger partial charge in [-0.2, -0.15) is 11.8 Å². The van der Waals surface area contributed by atoms with E-state index < -0.39 is 0 Å². The molecule has 0 unspecified atom stereocenters. The topological polar surface area (TPSA) is 0 Å². The molecule has 0 aliphatic heterocycles. The Hall–Kier alpha value is -0.860. The van der Waals surface area contributed by atoms with E-state index in [9.17, 15) is 0 Å². The highest BCUT2D eigenvalue weighted by atomic mass is 32.2. The molecule has 0 saturated heterocycles. The first kappa shape index (κ1) is 21.4. The molecule has 0 fully saturated rings. The molecule has 2 rings (SSSR count). The smallest absolute Gasteiger partial charge is 0.0184 e. The van der Waals surface area contributed by atoms with Gasteiger partial charge in [0.2, 0.25) is 0 Å². The van der Waals surface area contributed by atoms with Crippen LogP contribution in [-0.4, -0.2) is 11.5 Å². The molecule has 0 radical (unpaired) electrons. The highest BCUT2D eigenvalue weighted by Gasteiger charge is 2.12. The Balaban J connectivity index is 1.67. The summed E-state index contributed by atoms with van der Waals surface area (Å²) in [7, 11) is 0. The molecular weight excluding hydrogens is 352 g/mol. The van der Waals surface area contributed by atoms with E-state index in [1.54, 1.807) is 0 Å². The van der Waals surface area contributed by atoms with Crippen LogP contribution < -0.4 is 0 Å². The van der Waals surface area contributed by atoms with E-state index in [-0.39, 0.29) is 5.41 Å². The van der Waals surface area contributed by atoms with Crippen LogP contribution in [0.25, 0.3) is 0 Å². The lowest BCUT2D eigenvalue weighted by Crippen LogP contribution is -2.10. The number of hydrogen-bond acceptors (Lipinski definition) is 2. The van der Waals surface area contributed by atoms with Gasteiger partial charge in [-0.1, -0.05) is 64.4 Å². The Labute approximate surface area is 169 Å². The Bertz CT molecular complexity index is 666. The maximum atomic E-state index is 2.40. The molecule has 2 aromatic carbocycles. The van der Waals surface area contributed by atoms with Crippen molar-refractivity contribution in [2.45, 2.75) is 69.9 Å². The molecule has 0 nitrogen and oxygen atoms in total. The Morgan fingerprint density at radius 3 is 2.31 bits per heavy atom. The van der Waals surface area contributed by atoms with Crippen LogP contribution in [0.2, 0.25) is 0 Å². The van der Waals surface area contributed by atoms with Gasteiger partial charge in [0.15, 0.2) is 0 Å². The second kappa shape index (κ2) is 10.5. The third-order valence-electron chi connectivity index (χ3n) is 4.63. The van der Waals surface area contributed by atoms with Crippen molar-refractivity contribution >= 4 is 23.5 Å². The normalized spacial score (nSPS) is 11.7. The first-order valence-electron chi connectivity index (χ1n) is 9.79. The van der Waals surface area contributed by atoms with E-state index in [0.29, 0.717) is 0 Å². The summed E-state index contributed by atoms with van der Waals surface area (Å²) in [6, 6.07) is 16.1. The van der Waals surface area contributed by atoms with Crippen molar-refractivity contribution in [2.75, 3.05) is 11.5 Å². The summed E-state index contributed by atoms with van der Waals surface area (Å²) in [6.07, 6.45) is 3.69. The zero-order valence-electron chi connectivity index (χ0n) is 17.1. The van der Waals surface area contributed by atoms with Crippen LogP contribution in [0.4, 0.5) is 0 Å². The number of rotatable bonds is 9. The lowest BCUT2D eigenvalue weighted by molar-refractivity contribution is 0.590. The molecule has 0 aromatic heterocycles. The van der Waals surface area contributed by atoms with Crippen molar-refractivity contribution in [3.05, 3.63) is 64.7 Å². The highest BCUT2D eigenvalue weighted by molar-refractivity contribution is 7.99. The summed E-state index contributed by atoms with van der Waals surface area (Å²) < 4.78 is 0. The van der Waals surface area contributed by atoms with Crippen LogP contribution in [-0.2, 0) is 17.6 Å². The summed E-state index contributed by atoms with van der Waals surface area (Å²) in [4.78, 5) is 1.43. The molecule has 0 atom stereocenters. The first-order chi connectivity index (χ1) is 12.4. The van der Waals surface area contributed by atoms with Crippen LogP contribution in [0.5, 0.6) is 0 Å². The minimum atomic E-state index is 0.246. The predicted octanol–water partition coefficient (Wildman–Crippen LogP) is 7.66. The van der Waals surface area contributed by atoms with E-state index in [1.807, 2.05) is 11.8 Å². The second-order valence-corrected chi connectivity index (χ2v) is 10.3. The largest absolute Gasteiger partial charge is 0.157 e. The molecule has 0 aliphatic rings. The molecule has 2 heteroatoms. The first-order valence-corrected chi connectivity index (χ1v) is 11.9. The predicted molar refractivity (Wildman–Crippen MR) is 122 cm³/mol. The zero-order valence-corrected chi connectivity index (χ0v) is 18.7. The van der Waals surface area contributed by atoms with Gasteiger partial charge in [-0.3, -0.25) is 0 Å². The minimum Gasteiger partial charge on any atom is -0.157 e. The quantitative estimate of drug-likeness (QED) is 0.320. The molecule has 0 heterocycles. The molecule has 0 amide bonds. The monoisotopic (exact) mass is 386 g/mol. The van der Waals surface area contributed by atoms with Crippen LogP contribution in [0, 0.1) is 6.92 Å². The summed E-state index contributed by atoms with van der Waals surface area (Å²) in [5.41, 5.74) is 6.06. The molecule has 0 saturated carbocycles. The molecule has 0 spiro atoms. The highest BCUT2D eigenvalue weighted by Crippen LogP contribution is 2.25. The van der Waals surface area contributed by atoms with Gasteiger partial charge in [-0.25, -0.2) is 0 Å². The number of hydrogen-bond donors (Lipinski definition) is 0. The maximum absolute atomic E-state index is 2.40. The second-order valence-electron chi connectivity index (χ2n) is 8.04. The van der Waals surface area contributed by atoms with Gasteiger partial charge in [0.25, 0.3) is 0 Å². The fraction of sp³-hybridized carbons (Fsp3) is 0.500. The summed E-state index contributed by atoms with van der Waals surface area (Å²) in [5.74, 6) is 3.58. The Kier molecular flexibility index (Phi) is 8.63. The van der Waals surface area contributed by atoms with Crippen LogP contribution >= 0.6 is 23.5 Å². The van der Waals surface area contributed by atoms with Crippen molar-refractivity contribution < 1.29 is 0 Å². The third kappa shape index (κ3) is 7.04. The average molecular weight is 387 g/mol. The Morgan fingerprint density at radius 2 is 1.65 bits per heavy atom. The SMILES string of the molecule is CCCc1cc(SCCCSCc2ccc(C(C)(C)C)cc2)ccc1C. The van der Waals surface area contributed by atoms with Crippen molar-refractivity contribution in [3.63, 3.8) is 0 Å². The maximum Gasteiger partial charge on any atom is 0.0184 e. The van der Waals surface area contributed by atoms with Crippen LogP contribution in [0.15, 0.2) is 47.4 Å². The van der Waals surface area contributed by atoms with Crippen molar-refractivity contribution in [3.8, 4) is 0 Å². The summed E-state index contributed by atoms with van der Waals surface area (Å²) in [6.45, 7) is 11.3. The molecule has 0 N–H and O–H groups in total. The van der Waals surface area contributed by atoms with Gasteiger partial charge in [-0.15, -0.1) is 11.8 Å². The van der Waals surface area contributed by atoms with E-state index in [4.69, 9.17) is 0 Å². The molecule has 2 aromatic rings. The van der Waals surface area contributed by atoms with Crippen molar-refractivity contribution in [1.82, 2.24) is 0 Å². The molecule has 26 heavy (non-hydrogen) atoms. The van der Waals surface area contributed by atoms with Gasteiger partial charge in [0.1, 0.15) is 0 Å². The zero-order chi connectivity index (χ0) is 19.0. The Morgan fingerprint density at radius 1 is 0.923 bits per heavy atom. The fourth-order valence-corrected chi connectivity index (χ4v) is 4.94. The van der Waals surface area contributed by atoms with E-state index in [0.717, 1.165) is 5.75 Å². The number of thioether (sulfide) groups is 2. The average Bonchev–Trinajstić information content (AvgIpc) is 2.60. The minimum absolute atomic E-state index is 0.246. The van der Waals surface area contributed by atoms with Gasteiger partial charge >= 0.3 is 0 Å². The summed E-state index contributed by atoms with van der Waals surface area (Å²) in [5, 5.41) is 0. The van der Waals surface area contributed by atoms with E-state index in [2.05, 4.69) is 88.8 Å². The lowest BCUT2D eigenvalue weighted by Gasteiger charge is -2.19. The molecule has 0 aliphatic carbocycles. The van der Waals surface area contributed by atoms with Crippen molar-refractivity contribution in [1.29, 1.82) is 0 Å². The van der Waals surface area contributed by atoms with E-state index in [1.165, 1.54) is 57.9 Å². The molecule has 142 valence electrons. The molecule has 0 bridgehead atoms. The number of benzene rings is 2. The third-order valence-corrected chi connectivity index (χ3v) is 6.83. The number of aryl methyl sites for hydroxylation is 2. The molecular formula is C24H34S2. The summed E-state index contributed by atoms with van der Waals surface area (Å²) >= 11 is 4.06. The van der Waals surface area contributed by atoms with Gasteiger partial charge in [-0.05, 0) is 71.1 Å². The van der Waals surface area contributed by atoms with Crippen LogP contribution in [0.3, 0.4) is 0 Å². The van der Waals surface area contributed by atoms with Gasteiger partial charge < -0.3 is 0 Å². The van der Waals surface area contributed by atoms with Crippen molar-refractivity contribution in [2.24, 2.45) is 0 Å². The fourth-order valence-electron chi connectivity index (χ4n) is 2.92. The van der Waals surface area contributed by atoms with E-state index >= 15 is 0 Å².